The van der Waals surface area contributed by atoms with E-state index in [1.807, 2.05) is 44.2 Å². The average Bonchev–Trinajstić information content (AvgIpc) is 2.85. The van der Waals surface area contributed by atoms with Crippen molar-refractivity contribution in [3.8, 4) is 0 Å². The average molecular weight is 317 g/mol. The van der Waals surface area contributed by atoms with Crippen LogP contribution in [0.4, 0.5) is 4.79 Å². The number of hydrogen-bond donors (Lipinski definition) is 0. The van der Waals surface area contributed by atoms with Crippen LogP contribution in [0.3, 0.4) is 0 Å². The van der Waals surface area contributed by atoms with Gasteiger partial charge in [0.05, 0.1) is 0 Å². The zero-order valence-electron chi connectivity index (χ0n) is 14.3. The van der Waals surface area contributed by atoms with Gasteiger partial charge in [-0.3, -0.25) is 4.79 Å². The molecular formula is C19H27NO3. The number of carbonyl (C=O) groups is 2. The van der Waals surface area contributed by atoms with Crippen molar-refractivity contribution in [1.29, 1.82) is 0 Å². The number of imide groups is 1. The van der Waals surface area contributed by atoms with Crippen molar-refractivity contribution < 1.29 is 14.3 Å². The lowest BCUT2D eigenvalue weighted by Gasteiger charge is -2.18. The second-order valence-electron chi connectivity index (χ2n) is 6.40. The third kappa shape index (κ3) is 4.34. The number of benzene rings is 1. The van der Waals surface area contributed by atoms with Crippen LogP contribution in [0, 0.1) is 11.8 Å². The summed E-state index contributed by atoms with van der Waals surface area (Å²) in [6.07, 6.45) is 2.76. The van der Waals surface area contributed by atoms with Crippen LogP contribution in [0.1, 0.15) is 45.6 Å². The Bertz CT molecular complexity index is 529. The van der Waals surface area contributed by atoms with E-state index in [1.54, 1.807) is 0 Å². The highest BCUT2D eigenvalue weighted by Crippen LogP contribution is 2.32. The zero-order valence-corrected chi connectivity index (χ0v) is 14.3. The first kappa shape index (κ1) is 17.5. The Labute approximate surface area is 138 Å². The molecule has 0 radical (unpaired) electrons. The lowest BCUT2D eigenvalue weighted by Crippen LogP contribution is -2.36. The van der Waals surface area contributed by atoms with Gasteiger partial charge in [0, 0.05) is 12.5 Å². The van der Waals surface area contributed by atoms with Gasteiger partial charge in [0.15, 0.2) is 0 Å². The molecule has 1 fully saturated rings. The Morgan fingerprint density at radius 1 is 1.30 bits per heavy atom. The van der Waals surface area contributed by atoms with Gasteiger partial charge in [0.1, 0.15) is 6.10 Å². The normalized spacial score (nSPS) is 22.2. The smallest absolute Gasteiger partial charge is 0.416 e. The van der Waals surface area contributed by atoms with Crippen molar-refractivity contribution in [2.24, 2.45) is 11.8 Å². The zero-order chi connectivity index (χ0) is 16.8. The van der Waals surface area contributed by atoms with Crippen molar-refractivity contribution in [3.63, 3.8) is 0 Å². The van der Waals surface area contributed by atoms with E-state index in [9.17, 15) is 9.59 Å². The van der Waals surface area contributed by atoms with E-state index in [2.05, 4.69) is 6.92 Å². The summed E-state index contributed by atoms with van der Waals surface area (Å²) in [7, 11) is 0. The summed E-state index contributed by atoms with van der Waals surface area (Å²) in [5.41, 5.74) is 1.14. The van der Waals surface area contributed by atoms with E-state index in [1.165, 1.54) is 4.90 Å². The molecule has 3 atom stereocenters. The van der Waals surface area contributed by atoms with Gasteiger partial charge in [-0.05, 0) is 37.7 Å². The number of carbonyl (C=O) groups excluding carboxylic acids is 2. The molecule has 0 saturated carbocycles. The fourth-order valence-electron chi connectivity index (χ4n) is 3.12. The number of rotatable bonds is 6. The molecule has 2 rings (SSSR count). The SMILES string of the molecule is CCCC1CN(C(=O)OC(C)CC)C(=O)C1Cc1ccccc1. The molecule has 1 aromatic carbocycles. The predicted octanol–water partition coefficient (Wildman–Crippen LogP) is 4.04. The van der Waals surface area contributed by atoms with E-state index >= 15 is 0 Å². The van der Waals surface area contributed by atoms with Crippen molar-refractivity contribution in [2.45, 2.75) is 52.6 Å². The first-order valence-electron chi connectivity index (χ1n) is 8.62. The highest BCUT2D eigenvalue weighted by atomic mass is 16.6. The molecule has 4 heteroatoms. The van der Waals surface area contributed by atoms with Gasteiger partial charge in [-0.15, -0.1) is 0 Å². The van der Waals surface area contributed by atoms with Crippen LogP contribution < -0.4 is 0 Å². The lowest BCUT2D eigenvalue weighted by atomic mass is 9.86. The van der Waals surface area contributed by atoms with E-state index in [0.29, 0.717) is 13.0 Å². The summed E-state index contributed by atoms with van der Waals surface area (Å²) in [4.78, 5) is 26.3. The first-order valence-corrected chi connectivity index (χ1v) is 8.62. The van der Waals surface area contributed by atoms with Crippen molar-refractivity contribution in [2.75, 3.05) is 6.54 Å². The van der Waals surface area contributed by atoms with Crippen LogP contribution in [-0.2, 0) is 16.0 Å². The summed E-state index contributed by atoms with van der Waals surface area (Å²) < 4.78 is 5.35. The van der Waals surface area contributed by atoms with Gasteiger partial charge < -0.3 is 4.74 Å². The molecule has 0 aromatic heterocycles. The maximum absolute atomic E-state index is 12.7. The number of likely N-dealkylation sites (tertiary alicyclic amines) is 1. The van der Waals surface area contributed by atoms with Crippen LogP contribution in [0.5, 0.6) is 0 Å². The van der Waals surface area contributed by atoms with Crippen LogP contribution in [-0.4, -0.2) is 29.5 Å². The summed E-state index contributed by atoms with van der Waals surface area (Å²) in [6.45, 7) is 6.41. The second kappa shape index (κ2) is 8.14. The molecule has 0 aliphatic carbocycles. The standard InChI is InChI=1S/C19H27NO3/c1-4-9-16-13-20(19(22)23-14(3)5-2)18(21)17(16)12-15-10-7-6-8-11-15/h6-8,10-11,14,16-17H,4-5,9,12-13H2,1-3H3. The fourth-order valence-corrected chi connectivity index (χ4v) is 3.12. The molecule has 23 heavy (non-hydrogen) atoms. The van der Waals surface area contributed by atoms with Crippen molar-refractivity contribution in [1.82, 2.24) is 4.90 Å². The highest BCUT2D eigenvalue weighted by molar-refractivity contribution is 5.95. The quantitative estimate of drug-likeness (QED) is 0.795. The van der Waals surface area contributed by atoms with Gasteiger partial charge in [0.2, 0.25) is 5.91 Å². The Hall–Kier alpha value is -1.84. The number of ether oxygens (including phenoxy) is 1. The summed E-state index contributed by atoms with van der Waals surface area (Å²) >= 11 is 0. The van der Waals surface area contributed by atoms with Gasteiger partial charge in [-0.1, -0.05) is 50.6 Å². The van der Waals surface area contributed by atoms with Gasteiger partial charge in [0.25, 0.3) is 0 Å². The molecule has 2 amide bonds. The third-order valence-electron chi connectivity index (χ3n) is 4.62. The molecule has 3 unspecified atom stereocenters. The van der Waals surface area contributed by atoms with Gasteiger partial charge in [-0.2, -0.15) is 0 Å². The molecule has 1 saturated heterocycles. The maximum atomic E-state index is 12.7. The predicted molar refractivity (Wildman–Crippen MR) is 90.0 cm³/mol. The van der Waals surface area contributed by atoms with Crippen LogP contribution in [0.2, 0.25) is 0 Å². The summed E-state index contributed by atoms with van der Waals surface area (Å²) in [5, 5.41) is 0. The number of nitrogens with zero attached hydrogens (tertiary/aromatic N) is 1. The Morgan fingerprint density at radius 3 is 2.61 bits per heavy atom. The molecular weight excluding hydrogens is 290 g/mol. The molecule has 1 aromatic rings. The lowest BCUT2D eigenvalue weighted by molar-refractivity contribution is -0.130. The molecule has 0 bridgehead atoms. The van der Waals surface area contributed by atoms with E-state index in [-0.39, 0.29) is 23.8 Å². The Kier molecular flexibility index (Phi) is 6.20. The minimum absolute atomic E-state index is 0.0828. The molecule has 0 N–H and O–H groups in total. The van der Waals surface area contributed by atoms with Crippen LogP contribution >= 0.6 is 0 Å². The minimum atomic E-state index is -0.485. The number of amides is 2. The fraction of sp³-hybridized carbons (Fsp3) is 0.579. The molecule has 1 aliphatic rings. The Balaban J connectivity index is 2.10. The van der Waals surface area contributed by atoms with Gasteiger partial charge >= 0.3 is 6.09 Å². The third-order valence-corrected chi connectivity index (χ3v) is 4.62. The molecule has 1 heterocycles. The van der Waals surface area contributed by atoms with Crippen molar-refractivity contribution in [3.05, 3.63) is 35.9 Å². The first-order chi connectivity index (χ1) is 11.1. The van der Waals surface area contributed by atoms with Gasteiger partial charge in [-0.25, -0.2) is 9.69 Å². The van der Waals surface area contributed by atoms with Crippen LogP contribution in [0.25, 0.3) is 0 Å². The highest BCUT2D eigenvalue weighted by Gasteiger charge is 2.43. The molecule has 0 spiro atoms. The van der Waals surface area contributed by atoms with Crippen LogP contribution in [0.15, 0.2) is 30.3 Å². The summed E-state index contributed by atoms with van der Waals surface area (Å²) in [6, 6.07) is 10.0. The Morgan fingerprint density at radius 2 is 2.00 bits per heavy atom. The summed E-state index contributed by atoms with van der Waals surface area (Å²) in [5.74, 6) is 0.0135. The van der Waals surface area contributed by atoms with E-state index in [0.717, 1.165) is 24.8 Å². The van der Waals surface area contributed by atoms with E-state index in [4.69, 9.17) is 4.74 Å². The van der Waals surface area contributed by atoms with Crippen molar-refractivity contribution >= 4 is 12.0 Å². The molecule has 1 aliphatic heterocycles. The topological polar surface area (TPSA) is 46.6 Å². The largest absolute Gasteiger partial charge is 0.446 e. The number of hydrogen-bond acceptors (Lipinski definition) is 3. The monoisotopic (exact) mass is 317 g/mol. The molecule has 4 nitrogen and oxygen atoms in total. The second-order valence-corrected chi connectivity index (χ2v) is 6.40. The van der Waals surface area contributed by atoms with E-state index < -0.39 is 6.09 Å². The minimum Gasteiger partial charge on any atom is -0.446 e. The molecule has 126 valence electrons. The maximum Gasteiger partial charge on any atom is 0.416 e.